The Hall–Kier alpha value is -1.95. The maximum atomic E-state index is 10.2. The lowest BCUT2D eigenvalue weighted by Crippen LogP contribution is -2.40. The maximum Gasteiger partial charge on any atom is 0.161 e. The zero-order chi connectivity index (χ0) is 17.6. The number of phenols is 1. The van der Waals surface area contributed by atoms with Crippen LogP contribution in [0.1, 0.15) is 17.5 Å². The first-order valence-electron chi connectivity index (χ1n) is 8.63. The van der Waals surface area contributed by atoms with E-state index in [0.29, 0.717) is 29.8 Å². The number of hydrogen-bond donors (Lipinski definition) is 3. The number of aryl methyl sites for hydroxylation is 1. The summed E-state index contributed by atoms with van der Waals surface area (Å²) < 4.78 is 10.9. The largest absolute Gasteiger partial charge is 0.508 e. The molecule has 2 aromatic rings. The van der Waals surface area contributed by atoms with Gasteiger partial charge in [-0.15, -0.1) is 12.4 Å². The molecule has 0 bridgehead atoms. The number of hydrogen-bond acceptors (Lipinski definition) is 5. The summed E-state index contributed by atoms with van der Waals surface area (Å²) in [6, 6.07) is 13.3. The normalized spacial score (nSPS) is 16.9. The van der Waals surface area contributed by atoms with Crippen molar-refractivity contribution in [2.24, 2.45) is 0 Å². The summed E-state index contributed by atoms with van der Waals surface area (Å²) in [5.41, 5.74) is 2.49. The van der Waals surface area contributed by atoms with Crippen molar-refractivity contribution < 1.29 is 19.7 Å². The van der Waals surface area contributed by atoms with Crippen LogP contribution in [0.3, 0.4) is 0 Å². The summed E-state index contributed by atoms with van der Waals surface area (Å²) in [4.78, 5) is 0. The third kappa shape index (κ3) is 5.27. The van der Waals surface area contributed by atoms with Crippen LogP contribution in [0.25, 0.3) is 0 Å². The third-order valence-corrected chi connectivity index (χ3v) is 4.56. The van der Waals surface area contributed by atoms with Crippen molar-refractivity contribution in [3.63, 3.8) is 0 Å². The molecule has 0 amide bonds. The Morgan fingerprint density at radius 3 is 2.69 bits per heavy atom. The molecule has 142 valence electrons. The number of ether oxygens (including phenoxy) is 2. The molecule has 0 spiro atoms. The van der Waals surface area contributed by atoms with E-state index in [1.807, 2.05) is 36.4 Å². The van der Waals surface area contributed by atoms with Crippen LogP contribution in [0, 0.1) is 0 Å². The third-order valence-electron chi connectivity index (χ3n) is 4.56. The van der Waals surface area contributed by atoms with Gasteiger partial charge in [0.25, 0.3) is 0 Å². The van der Waals surface area contributed by atoms with E-state index in [1.54, 1.807) is 13.2 Å². The van der Waals surface area contributed by atoms with Gasteiger partial charge in [-0.3, -0.25) is 0 Å². The molecule has 2 atom stereocenters. The Bertz CT molecular complexity index is 710. The predicted molar refractivity (Wildman–Crippen MR) is 104 cm³/mol. The van der Waals surface area contributed by atoms with Crippen LogP contribution < -0.4 is 14.8 Å². The fraction of sp³-hybridized carbons (Fsp3) is 0.400. The van der Waals surface area contributed by atoms with Gasteiger partial charge in [0, 0.05) is 12.6 Å². The number of para-hydroxylation sites is 2. The first kappa shape index (κ1) is 20.4. The standard InChI is InChI=1S/C20H25NO4.ClH/c1-24-19-4-2-3-5-20(19)25-13-18(23)12-21-16-8-6-14-7-9-17(22)11-15(14)10-16;/h2-5,7,9,11,16,18,21-23H,6,8,10,12-13H2,1H3;1H. The van der Waals surface area contributed by atoms with Crippen molar-refractivity contribution in [2.45, 2.75) is 31.4 Å². The summed E-state index contributed by atoms with van der Waals surface area (Å²) in [5.74, 6) is 1.60. The van der Waals surface area contributed by atoms with Crippen molar-refractivity contribution in [3.05, 3.63) is 53.6 Å². The number of nitrogens with one attached hydrogen (secondary N) is 1. The van der Waals surface area contributed by atoms with Gasteiger partial charge in [-0.1, -0.05) is 18.2 Å². The molecule has 0 fully saturated rings. The molecule has 0 aromatic heterocycles. The van der Waals surface area contributed by atoms with Crippen LogP contribution in [0.5, 0.6) is 17.2 Å². The fourth-order valence-electron chi connectivity index (χ4n) is 3.20. The zero-order valence-corrected chi connectivity index (χ0v) is 15.7. The molecular weight excluding hydrogens is 354 g/mol. The van der Waals surface area contributed by atoms with Crippen molar-refractivity contribution in [1.29, 1.82) is 0 Å². The lowest BCUT2D eigenvalue weighted by atomic mass is 9.88. The highest BCUT2D eigenvalue weighted by atomic mass is 35.5. The van der Waals surface area contributed by atoms with Gasteiger partial charge in [-0.05, 0) is 54.7 Å². The summed E-state index contributed by atoms with van der Waals surface area (Å²) in [6.45, 7) is 0.672. The number of halogens is 1. The van der Waals surface area contributed by atoms with Crippen LogP contribution in [0.4, 0.5) is 0 Å². The highest BCUT2D eigenvalue weighted by Crippen LogP contribution is 2.26. The minimum Gasteiger partial charge on any atom is -0.508 e. The second-order valence-corrected chi connectivity index (χ2v) is 6.42. The van der Waals surface area contributed by atoms with E-state index >= 15 is 0 Å². The van der Waals surface area contributed by atoms with E-state index in [9.17, 15) is 10.2 Å². The number of aromatic hydroxyl groups is 1. The van der Waals surface area contributed by atoms with Crippen LogP contribution in [-0.4, -0.2) is 42.6 Å². The molecule has 5 nitrogen and oxygen atoms in total. The van der Waals surface area contributed by atoms with Crippen LogP contribution in [-0.2, 0) is 12.8 Å². The molecule has 6 heteroatoms. The average molecular weight is 380 g/mol. The predicted octanol–water partition coefficient (Wildman–Crippen LogP) is 2.71. The number of rotatable bonds is 7. The molecule has 0 heterocycles. The van der Waals surface area contributed by atoms with Crippen molar-refractivity contribution in [2.75, 3.05) is 20.3 Å². The fourth-order valence-corrected chi connectivity index (χ4v) is 3.20. The van der Waals surface area contributed by atoms with Crippen molar-refractivity contribution in [3.8, 4) is 17.2 Å². The smallest absolute Gasteiger partial charge is 0.161 e. The Balaban J connectivity index is 0.00000243. The average Bonchev–Trinajstić information content (AvgIpc) is 2.64. The topological polar surface area (TPSA) is 71.0 Å². The number of aliphatic hydroxyl groups is 1. The van der Waals surface area contributed by atoms with Gasteiger partial charge in [-0.2, -0.15) is 0 Å². The molecule has 1 aliphatic rings. The lowest BCUT2D eigenvalue weighted by Gasteiger charge is -2.26. The molecule has 0 radical (unpaired) electrons. The Labute approximate surface area is 160 Å². The maximum absolute atomic E-state index is 10.2. The Kier molecular flexibility index (Phi) is 7.57. The second kappa shape index (κ2) is 9.67. The van der Waals surface area contributed by atoms with Crippen LogP contribution in [0.2, 0.25) is 0 Å². The Morgan fingerprint density at radius 2 is 1.92 bits per heavy atom. The molecule has 26 heavy (non-hydrogen) atoms. The highest BCUT2D eigenvalue weighted by molar-refractivity contribution is 5.85. The van der Waals surface area contributed by atoms with Crippen LogP contribution >= 0.6 is 12.4 Å². The van der Waals surface area contributed by atoms with Gasteiger partial charge >= 0.3 is 0 Å². The minimum absolute atomic E-state index is 0. The summed E-state index contributed by atoms with van der Waals surface area (Å²) in [5, 5.41) is 23.2. The zero-order valence-electron chi connectivity index (χ0n) is 14.9. The summed E-state index contributed by atoms with van der Waals surface area (Å²) in [7, 11) is 1.60. The van der Waals surface area contributed by atoms with E-state index in [2.05, 4.69) is 5.32 Å². The second-order valence-electron chi connectivity index (χ2n) is 6.42. The molecule has 0 saturated carbocycles. The van der Waals surface area contributed by atoms with Gasteiger partial charge in [0.2, 0.25) is 0 Å². The molecular formula is C20H26ClNO4. The van der Waals surface area contributed by atoms with E-state index in [1.165, 1.54) is 11.1 Å². The first-order valence-corrected chi connectivity index (χ1v) is 8.63. The van der Waals surface area contributed by atoms with Gasteiger partial charge in [0.15, 0.2) is 11.5 Å². The van der Waals surface area contributed by atoms with E-state index in [4.69, 9.17) is 9.47 Å². The number of aliphatic hydroxyl groups excluding tert-OH is 1. The molecule has 0 saturated heterocycles. The van der Waals surface area contributed by atoms with Crippen molar-refractivity contribution >= 4 is 12.4 Å². The summed E-state index contributed by atoms with van der Waals surface area (Å²) in [6.07, 6.45) is 2.28. The van der Waals surface area contributed by atoms with Gasteiger partial charge in [0.1, 0.15) is 18.5 Å². The molecule has 3 N–H and O–H groups in total. The molecule has 0 aliphatic heterocycles. The van der Waals surface area contributed by atoms with E-state index < -0.39 is 6.10 Å². The minimum atomic E-state index is -0.601. The molecule has 1 aliphatic carbocycles. The monoisotopic (exact) mass is 379 g/mol. The number of benzene rings is 2. The summed E-state index contributed by atoms with van der Waals surface area (Å²) >= 11 is 0. The lowest BCUT2D eigenvalue weighted by molar-refractivity contribution is 0.101. The van der Waals surface area contributed by atoms with Gasteiger partial charge in [-0.25, -0.2) is 0 Å². The number of fused-ring (bicyclic) bond motifs is 1. The van der Waals surface area contributed by atoms with Gasteiger partial charge < -0.3 is 25.0 Å². The number of methoxy groups -OCH3 is 1. The quantitative estimate of drug-likeness (QED) is 0.690. The van der Waals surface area contributed by atoms with Crippen molar-refractivity contribution in [1.82, 2.24) is 5.32 Å². The van der Waals surface area contributed by atoms with Gasteiger partial charge in [0.05, 0.1) is 7.11 Å². The molecule has 3 rings (SSSR count). The molecule has 2 unspecified atom stereocenters. The SMILES string of the molecule is COc1ccccc1OCC(O)CNC1CCc2ccc(O)cc2C1.Cl. The molecule has 2 aromatic carbocycles. The highest BCUT2D eigenvalue weighted by Gasteiger charge is 2.19. The van der Waals surface area contributed by atoms with Crippen LogP contribution in [0.15, 0.2) is 42.5 Å². The Morgan fingerprint density at radius 1 is 1.15 bits per heavy atom. The number of phenolic OH excluding ortho intramolecular Hbond substituents is 1. The van der Waals surface area contributed by atoms with E-state index in [0.717, 1.165) is 19.3 Å². The first-order chi connectivity index (χ1) is 12.2. The van der Waals surface area contributed by atoms with E-state index in [-0.39, 0.29) is 19.0 Å².